The van der Waals surface area contributed by atoms with Gasteiger partial charge in [-0.05, 0) is 12.8 Å². The first kappa shape index (κ1) is 20.1. The highest BCUT2D eigenvalue weighted by Crippen LogP contribution is 2.55. The van der Waals surface area contributed by atoms with Crippen LogP contribution in [0.1, 0.15) is 12.8 Å². The minimum atomic E-state index is -5.80. The number of carbonyl (C=O) groups is 3. The zero-order valence-corrected chi connectivity index (χ0v) is 14.0. The molecule has 6 atom stereocenters. The molecule has 0 aromatic heterocycles. The largest absolute Gasteiger partial charge is 0.458 e. The lowest BCUT2D eigenvalue weighted by Gasteiger charge is -2.26. The Morgan fingerprint density at radius 2 is 1.96 bits per heavy atom. The highest BCUT2D eigenvalue weighted by Gasteiger charge is 2.66. The number of alkyl halides is 4. The second-order valence-electron chi connectivity index (χ2n) is 6.25. The molecule has 2 bridgehead atoms. The number of fused-ring (bicyclic) bond motifs is 1. The van der Waals surface area contributed by atoms with Crippen molar-refractivity contribution in [1.82, 2.24) is 0 Å². The van der Waals surface area contributed by atoms with E-state index in [4.69, 9.17) is 14.7 Å². The predicted octanol–water partition coefficient (Wildman–Crippen LogP) is 1.32. The smallest absolute Gasteiger partial charge is 0.446 e. The number of esters is 3. The quantitative estimate of drug-likeness (QED) is 0.161. The SMILES string of the molecule is O=C(COC(=O)C(F)(SOOO)C(F)(F)F)OC1C2CC3C(=O)OC1C3C2. The van der Waals surface area contributed by atoms with Gasteiger partial charge in [0.25, 0.3) is 0 Å². The molecular weight excluding hydrogens is 408 g/mol. The lowest BCUT2D eigenvalue weighted by Crippen LogP contribution is -2.47. The van der Waals surface area contributed by atoms with Crippen molar-refractivity contribution in [2.45, 2.75) is 36.2 Å². The first-order valence-electron chi connectivity index (χ1n) is 7.57. The van der Waals surface area contributed by atoms with E-state index in [-0.39, 0.29) is 23.7 Å². The predicted molar refractivity (Wildman–Crippen MR) is 72.7 cm³/mol. The van der Waals surface area contributed by atoms with Crippen LogP contribution in [-0.2, 0) is 38.0 Å². The fourth-order valence-corrected chi connectivity index (χ4v) is 4.07. The van der Waals surface area contributed by atoms with Crippen molar-refractivity contribution in [3.63, 3.8) is 0 Å². The van der Waals surface area contributed by atoms with Crippen molar-refractivity contribution >= 4 is 30.0 Å². The van der Waals surface area contributed by atoms with Gasteiger partial charge in [0.15, 0.2) is 6.61 Å². The van der Waals surface area contributed by atoms with Crippen LogP contribution >= 0.6 is 12.0 Å². The Labute approximate surface area is 152 Å². The monoisotopic (exact) mass is 420 g/mol. The fraction of sp³-hybridized carbons (Fsp3) is 0.769. The zero-order valence-electron chi connectivity index (χ0n) is 13.1. The Morgan fingerprint density at radius 1 is 1.26 bits per heavy atom. The van der Waals surface area contributed by atoms with E-state index in [9.17, 15) is 31.9 Å². The summed E-state index contributed by atoms with van der Waals surface area (Å²) >= 11 is -1.20. The number of halogens is 4. The van der Waals surface area contributed by atoms with Gasteiger partial charge in [0.05, 0.1) is 18.0 Å². The second kappa shape index (κ2) is 7.07. The van der Waals surface area contributed by atoms with Gasteiger partial charge in [-0.3, -0.25) is 4.79 Å². The Kier molecular flexibility index (Phi) is 5.26. The van der Waals surface area contributed by atoms with Gasteiger partial charge in [-0.2, -0.15) is 13.2 Å². The Balaban J connectivity index is 1.54. The van der Waals surface area contributed by atoms with Crippen molar-refractivity contribution in [2.75, 3.05) is 6.61 Å². The Bertz CT molecular complexity index is 644. The van der Waals surface area contributed by atoms with Crippen LogP contribution in [0.15, 0.2) is 0 Å². The molecular formula is C13H12F4O9S. The summed E-state index contributed by atoms with van der Waals surface area (Å²) in [6.07, 6.45) is -6.15. The third-order valence-electron chi connectivity index (χ3n) is 4.81. The van der Waals surface area contributed by atoms with Crippen molar-refractivity contribution in [2.24, 2.45) is 17.8 Å². The summed E-state index contributed by atoms with van der Waals surface area (Å²) in [5, 5.41) is 5.93. The molecule has 0 aromatic carbocycles. The molecule has 3 fully saturated rings. The third kappa shape index (κ3) is 3.46. The van der Waals surface area contributed by atoms with Crippen molar-refractivity contribution in [3.8, 4) is 0 Å². The molecule has 6 unspecified atom stereocenters. The lowest BCUT2D eigenvalue weighted by molar-refractivity contribution is -0.433. The molecule has 3 rings (SSSR count). The second-order valence-corrected chi connectivity index (χ2v) is 7.12. The summed E-state index contributed by atoms with van der Waals surface area (Å²) in [5.41, 5.74) is 0. The van der Waals surface area contributed by atoms with E-state index in [1.165, 1.54) is 0 Å². The van der Waals surface area contributed by atoms with Gasteiger partial charge < -0.3 is 14.2 Å². The minimum Gasteiger partial charge on any atom is -0.458 e. The van der Waals surface area contributed by atoms with E-state index in [0.29, 0.717) is 12.8 Å². The summed E-state index contributed by atoms with van der Waals surface area (Å²) in [4.78, 5) is 34.8. The summed E-state index contributed by atoms with van der Waals surface area (Å²) in [6.45, 7) is -1.31. The topological polar surface area (TPSA) is 118 Å². The number of rotatable bonds is 7. The molecule has 9 nitrogen and oxygen atoms in total. The molecule has 1 aliphatic heterocycles. The normalized spacial score (nSPS) is 33.5. The average Bonchev–Trinajstić information content (AvgIpc) is 3.21. The van der Waals surface area contributed by atoms with Gasteiger partial charge >= 0.3 is 29.1 Å². The molecule has 2 saturated carbocycles. The lowest BCUT2D eigenvalue weighted by atomic mass is 9.88. The summed E-state index contributed by atoms with van der Waals surface area (Å²) in [7, 11) is 0. The third-order valence-corrected chi connectivity index (χ3v) is 5.57. The molecule has 0 aromatic rings. The summed E-state index contributed by atoms with van der Waals surface area (Å²) in [6, 6.07) is 0. The van der Waals surface area contributed by atoms with Crippen LogP contribution in [0.2, 0.25) is 0 Å². The zero-order chi connectivity index (χ0) is 20.0. The van der Waals surface area contributed by atoms with Crippen LogP contribution in [0.25, 0.3) is 0 Å². The standard InChI is InChI=1S/C13H12F4O9S/c14-12(13(15,16)17,27-26-25-21)11(20)22-3-7(18)23-8-4-1-5-6(2-4)10(19)24-9(5)8/h4-6,8-9,21H,1-3H2. The number of ether oxygens (including phenoxy) is 3. The van der Waals surface area contributed by atoms with Crippen LogP contribution in [0, 0.1) is 17.8 Å². The molecule has 152 valence electrons. The van der Waals surface area contributed by atoms with Gasteiger partial charge in [0, 0.05) is 11.8 Å². The van der Waals surface area contributed by atoms with E-state index in [1.54, 1.807) is 0 Å². The van der Waals surface area contributed by atoms with E-state index < -0.39 is 54.0 Å². The minimum absolute atomic E-state index is 0.0846. The maximum Gasteiger partial charge on any atom is 0.446 e. The van der Waals surface area contributed by atoms with Crippen molar-refractivity contribution in [1.29, 1.82) is 0 Å². The molecule has 0 radical (unpaired) electrons. The molecule has 1 N–H and O–H groups in total. The average molecular weight is 420 g/mol. The van der Waals surface area contributed by atoms with E-state index in [0.717, 1.165) is 0 Å². The molecule has 14 heteroatoms. The van der Waals surface area contributed by atoms with Crippen molar-refractivity contribution < 1.29 is 60.8 Å². The fourth-order valence-electron chi connectivity index (χ4n) is 3.73. The van der Waals surface area contributed by atoms with Gasteiger partial charge in [-0.1, -0.05) is 5.04 Å². The summed E-state index contributed by atoms with van der Waals surface area (Å²) in [5.74, 6) is -4.58. The van der Waals surface area contributed by atoms with Gasteiger partial charge in [-0.25, -0.2) is 19.2 Å². The summed E-state index contributed by atoms with van der Waals surface area (Å²) < 4.78 is 69.5. The number of carbonyl (C=O) groups excluding carboxylic acids is 3. The first-order chi connectivity index (χ1) is 12.6. The van der Waals surface area contributed by atoms with Gasteiger partial charge in [-0.15, -0.1) is 4.33 Å². The molecule has 2 aliphatic carbocycles. The molecule has 3 aliphatic rings. The molecule has 0 spiro atoms. The highest BCUT2D eigenvalue weighted by atomic mass is 32.2. The molecule has 1 heterocycles. The van der Waals surface area contributed by atoms with E-state index >= 15 is 0 Å². The molecule has 1 saturated heterocycles. The van der Waals surface area contributed by atoms with Crippen molar-refractivity contribution in [3.05, 3.63) is 0 Å². The maximum absolute atomic E-state index is 13.9. The van der Waals surface area contributed by atoms with Gasteiger partial charge in [0.2, 0.25) is 0 Å². The highest BCUT2D eigenvalue weighted by molar-refractivity contribution is 7.96. The number of hydrogen-bond donors (Lipinski definition) is 1. The van der Waals surface area contributed by atoms with Crippen LogP contribution in [0.4, 0.5) is 17.6 Å². The molecule has 27 heavy (non-hydrogen) atoms. The number of hydrogen-bond acceptors (Lipinski definition) is 10. The van der Waals surface area contributed by atoms with Gasteiger partial charge in [0.1, 0.15) is 12.2 Å². The van der Waals surface area contributed by atoms with Crippen LogP contribution in [0.3, 0.4) is 0 Å². The van der Waals surface area contributed by atoms with Crippen LogP contribution in [0.5, 0.6) is 0 Å². The van der Waals surface area contributed by atoms with Crippen LogP contribution in [-0.4, -0.2) is 53.2 Å². The Morgan fingerprint density at radius 3 is 2.59 bits per heavy atom. The van der Waals surface area contributed by atoms with E-state index in [1.807, 2.05) is 0 Å². The first-order valence-corrected chi connectivity index (χ1v) is 8.31. The van der Waals surface area contributed by atoms with Crippen LogP contribution < -0.4 is 0 Å². The Hall–Kier alpha value is -1.64. The molecule has 0 amide bonds. The maximum atomic E-state index is 13.9. The van der Waals surface area contributed by atoms with E-state index in [2.05, 4.69) is 14.1 Å².